The quantitative estimate of drug-likeness (QED) is 0.0648. The van der Waals surface area contributed by atoms with E-state index in [4.69, 9.17) is 14.6 Å². The van der Waals surface area contributed by atoms with Crippen molar-refractivity contribution in [2.75, 3.05) is 32.6 Å². The van der Waals surface area contributed by atoms with E-state index in [1.54, 1.807) is 24.3 Å². The summed E-state index contributed by atoms with van der Waals surface area (Å²) in [6, 6.07) is 19.1. The van der Waals surface area contributed by atoms with Crippen LogP contribution in [0.5, 0.6) is 17.2 Å². The molecule has 12 nitrogen and oxygen atoms in total. The molecule has 1 aliphatic carbocycles. The summed E-state index contributed by atoms with van der Waals surface area (Å²) in [5, 5.41) is 10.3. The fourth-order valence-electron chi connectivity index (χ4n) is 7.74. The van der Waals surface area contributed by atoms with E-state index in [0.29, 0.717) is 28.6 Å². The van der Waals surface area contributed by atoms with Gasteiger partial charge in [-0.1, -0.05) is 36.8 Å². The van der Waals surface area contributed by atoms with Crippen LogP contribution in [-0.2, 0) is 17.4 Å². The highest BCUT2D eigenvalue weighted by Crippen LogP contribution is 2.36. The Morgan fingerprint density at radius 3 is 2.45 bits per heavy atom. The van der Waals surface area contributed by atoms with Gasteiger partial charge in [0.15, 0.2) is 0 Å². The van der Waals surface area contributed by atoms with Gasteiger partial charge in [-0.15, -0.1) is 0 Å². The molecule has 0 atom stereocenters. The zero-order valence-corrected chi connectivity index (χ0v) is 32.1. The van der Waals surface area contributed by atoms with Gasteiger partial charge in [-0.05, 0) is 106 Å². The van der Waals surface area contributed by atoms with Crippen molar-refractivity contribution in [3.8, 4) is 17.2 Å². The van der Waals surface area contributed by atoms with Crippen molar-refractivity contribution in [3.05, 3.63) is 107 Å². The third kappa shape index (κ3) is 9.04. The number of benzene rings is 3. The van der Waals surface area contributed by atoms with Crippen molar-refractivity contribution < 1.29 is 41.8 Å². The third-order valence-corrected chi connectivity index (χ3v) is 10.7. The van der Waals surface area contributed by atoms with E-state index in [2.05, 4.69) is 27.6 Å². The fourth-order valence-corrected chi connectivity index (χ4v) is 7.74. The van der Waals surface area contributed by atoms with E-state index in [0.717, 1.165) is 87.5 Å². The monoisotopic (exact) mass is 796 g/mol. The minimum atomic E-state index is -4.67. The molecule has 1 fully saturated rings. The number of nitrogens with one attached hydrogen (secondary N) is 2. The van der Waals surface area contributed by atoms with Crippen molar-refractivity contribution in [1.29, 1.82) is 0 Å². The lowest BCUT2D eigenvalue weighted by molar-refractivity contribution is -0.141. The number of ether oxygens (including phenoxy) is 2. The molecule has 2 N–H and O–H groups in total. The van der Waals surface area contributed by atoms with Gasteiger partial charge < -0.3 is 19.7 Å². The molecule has 0 radical (unpaired) electrons. The zero-order valence-electron chi connectivity index (χ0n) is 32.1. The Morgan fingerprint density at radius 2 is 1.67 bits per heavy atom. The first kappa shape index (κ1) is 40.1. The van der Waals surface area contributed by atoms with E-state index in [-0.39, 0.29) is 28.6 Å². The molecular formula is C43H43F3N6O6. The standard InChI is InChI=1S/C43H43F3N6O6/c1-51(21-7-3-4-10-27-11-5-6-14-34(27)58-35-15-8-12-30-38(35)41(55)49-42(56)39(30)53)24-26-17-19-29(20-18-26)52-25-28-22-33(36(57-2)23-32(28)50-52)48-40(54)31-13-9-16-37(47-31)43(44,45)46/h5-6,8-9,11-16,22-23,25-26,29H,3-4,7,10,17-21,24H2,1-2H3,(H,48,54)(H,49,55,56)/t26-,29-. The molecule has 1 aliphatic heterocycles. The van der Waals surface area contributed by atoms with Gasteiger partial charge in [-0.25, -0.2) is 4.98 Å². The van der Waals surface area contributed by atoms with Gasteiger partial charge in [0, 0.05) is 29.8 Å². The van der Waals surface area contributed by atoms with Gasteiger partial charge >= 0.3 is 6.18 Å². The number of carbonyl (C=O) groups excluding carboxylic acids is 4. The number of para-hydroxylation sites is 1. The van der Waals surface area contributed by atoms with Crippen LogP contribution in [0.1, 0.15) is 93.4 Å². The van der Waals surface area contributed by atoms with Crippen molar-refractivity contribution in [3.63, 3.8) is 0 Å². The summed E-state index contributed by atoms with van der Waals surface area (Å²) in [6.07, 6.45) is 5.14. The van der Waals surface area contributed by atoms with Crippen LogP contribution in [0.3, 0.4) is 0 Å². The Balaban J connectivity index is 0.865. The van der Waals surface area contributed by atoms with Crippen LogP contribution in [0.4, 0.5) is 18.9 Å². The SMILES string of the molecule is COc1cc2nn([C@H]3CC[C@H](CN(C)CCCCCc4ccccc4Oc4cccc5c4C(=O)NC(=O)C5=O)CC3)cc2cc1NC(=O)c1cccc(C(F)(F)F)n1. The van der Waals surface area contributed by atoms with Crippen molar-refractivity contribution >= 4 is 40.1 Å². The first-order chi connectivity index (χ1) is 27.9. The first-order valence-corrected chi connectivity index (χ1v) is 19.3. The van der Waals surface area contributed by atoms with Gasteiger partial charge in [0.05, 0.1) is 29.9 Å². The second-order valence-corrected chi connectivity index (χ2v) is 14.8. The molecule has 2 aliphatic rings. The van der Waals surface area contributed by atoms with E-state index >= 15 is 0 Å². The summed E-state index contributed by atoms with van der Waals surface area (Å²) in [4.78, 5) is 55.5. The van der Waals surface area contributed by atoms with E-state index in [1.807, 2.05) is 35.1 Å². The number of hydrogen-bond donors (Lipinski definition) is 2. The van der Waals surface area contributed by atoms with Crippen LogP contribution in [0, 0.1) is 5.92 Å². The van der Waals surface area contributed by atoms with E-state index in [1.165, 1.54) is 19.2 Å². The highest BCUT2D eigenvalue weighted by atomic mass is 19.4. The molecule has 2 aromatic heterocycles. The van der Waals surface area contributed by atoms with Gasteiger partial charge in [-0.3, -0.25) is 29.2 Å². The highest BCUT2D eigenvalue weighted by molar-refractivity contribution is 6.49. The summed E-state index contributed by atoms with van der Waals surface area (Å²) in [7, 11) is 3.61. The Hall–Kier alpha value is -6.09. The largest absolute Gasteiger partial charge is 0.494 e. The molecule has 7 rings (SSSR count). The number of rotatable bonds is 14. The molecule has 3 amide bonds. The lowest BCUT2D eigenvalue weighted by Crippen LogP contribution is -2.42. The third-order valence-electron chi connectivity index (χ3n) is 10.7. The van der Waals surface area contributed by atoms with Crippen LogP contribution >= 0.6 is 0 Å². The molecule has 58 heavy (non-hydrogen) atoms. The number of methoxy groups -OCH3 is 1. The minimum Gasteiger partial charge on any atom is -0.494 e. The maximum atomic E-state index is 13.2. The predicted octanol–water partition coefficient (Wildman–Crippen LogP) is 8.03. The van der Waals surface area contributed by atoms with Crippen LogP contribution < -0.4 is 20.1 Å². The lowest BCUT2D eigenvalue weighted by atomic mass is 9.86. The van der Waals surface area contributed by atoms with Crippen LogP contribution in [-0.4, -0.2) is 70.4 Å². The Bertz CT molecular complexity index is 2350. The Kier molecular flexibility index (Phi) is 11.9. The van der Waals surface area contributed by atoms with Crippen molar-refractivity contribution in [2.24, 2.45) is 5.92 Å². The number of unbranched alkanes of at least 4 members (excludes halogenated alkanes) is 2. The summed E-state index contributed by atoms with van der Waals surface area (Å²) in [5.74, 6) is -1.40. The summed E-state index contributed by atoms with van der Waals surface area (Å²) in [6.45, 7) is 1.99. The predicted molar refractivity (Wildman–Crippen MR) is 209 cm³/mol. The van der Waals surface area contributed by atoms with Gasteiger partial charge in [0.25, 0.3) is 23.5 Å². The van der Waals surface area contributed by atoms with Crippen molar-refractivity contribution in [2.45, 2.75) is 63.6 Å². The van der Waals surface area contributed by atoms with E-state index in [9.17, 15) is 32.3 Å². The number of amides is 3. The Morgan fingerprint density at radius 1 is 0.914 bits per heavy atom. The number of nitrogens with zero attached hydrogens (tertiary/aromatic N) is 4. The molecular weight excluding hydrogens is 754 g/mol. The number of ketones is 1. The molecule has 302 valence electrons. The smallest absolute Gasteiger partial charge is 0.433 e. The van der Waals surface area contributed by atoms with Crippen LogP contribution in [0.25, 0.3) is 10.9 Å². The maximum absolute atomic E-state index is 13.2. The maximum Gasteiger partial charge on any atom is 0.433 e. The normalized spacial score (nSPS) is 17.0. The zero-order chi connectivity index (χ0) is 41.0. The number of hydrogen-bond acceptors (Lipinski definition) is 9. The highest BCUT2D eigenvalue weighted by Gasteiger charge is 2.34. The molecule has 0 saturated heterocycles. The number of aromatic nitrogens is 3. The summed E-state index contributed by atoms with van der Waals surface area (Å²) in [5.41, 5.74) is 0.584. The lowest BCUT2D eigenvalue weighted by Gasteiger charge is -2.31. The van der Waals surface area contributed by atoms with Gasteiger partial charge in [0.1, 0.15) is 28.6 Å². The number of fused-ring (bicyclic) bond motifs is 2. The second kappa shape index (κ2) is 17.2. The molecule has 1 saturated carbocycles. The van der Waals surface area contributed by atoms with Gasteiger partial charge in [-0.2, -0.15) is 18.3 Å². The topological polar surface area (TPSA) is 145 Å². The molecule has 0 bridgehead atoms. The number of carbonyl (C=O) groups is 4. The molecule has 3 heterocycles. The van der Waals surface area contributed by atoms with Crippen LogP contribution in [0.15, 0.2) is 79.0 Å². The average molecular weight is 797 g/mol. The number of aryl methyl sites for hydroxylation is 1. The van der Waals surface area contributed by atoms with E-state index < -0.39 is 35.4 Å². The number of imide groups is 1. The summed E-state index contributed by atoms with van der Waals surface area (Å²) < 4.78 is 53.1. The molecule has 15 heteroatoms. The minimum absolute atomic E-state index is 0.0382. The fraction of sp³-hybridized carbons (Fsp3) is 0.349. The van der Waals surface area contributed by atoms with Crippen molar-refractivity contribution in [1.82, 2.24) is 25.0 Å². The molecule has 0 unspecified atom stereocenters. The number of Topliss-reactive ketones (excluding diaryl/α,β-unsaturated/α-hetero) is 1. The average Bonchev–Trinajstić information content (AvgIpc) is 3.63. The summed E-state index contributed by atoms with van der Waals surface area (Å²) >= 11 is 0. The van der Waals surface area contributed by atoms with Gasteiger partial charge in [0.2, 0.25) is 0 Å². The molecule has 5 aromatic rings. The number of anilines is 1. The number of alkyl halides is 3. The first-order valence-electron chi connectivity index (χ1n) is 19.3. The molecule has 0 spiro atoms. The number of halogens is 3. The second-order valence-electron chi connectivity index (χ2n) is 14.8. The Labute approximate surface area is 332 Å². The van der Waals surface area contributed by atoms with Crippen LogP contribution in [0.2, 0.25) is 0 Å². The number of pyridine rings is 1. The molecule has 3 aromatic carbocycles.